The first-order valence-corrected chi connectivity index (χ1v) is 7.04. The van der Waals surface area contributed by atoms with E-state index in [4.69, 9.17) is 20.9 Å². The number of methoxy groups -OCH3 is 1. The second kappa shape index (κ2) is 6.38. The molecule has 0 amide bonds. The highest BCUT2D eigenvalue weighted by molar-refractivity contribution is 7.89. The number of benzene rings is 1. The molecule has 0 bridgehead atoms. The quantitative estimate of drug-likeness (QED) is 0.506. The van der Waals surface area contributed by atoms with Crippen molar-refractivity contribution in [2.45, 2.75) is 11.3 Å². The molecule has 0 heterocycles. The molecular weight excluding hydrogens is 268 g/mol. The molecule has 0 unspecified atom stereocenters. The molecular formula is C11H16N4O3S. The van der Waals surface area contributed by atoms with E-state index in [0.29, 0.717) is 18.8 Å². The van der Waals surface area contributed by atoms with E-state index in [1.807, 2.05) is 6.07 Å². The van der Waals surface area contributed by atoms with Gasteiger partial charge in [0.05, 0.1) is 16.9 Å². The van der Waals surface area contributed by atoms with Crippen LogP contribution in [0.3, 0.4) is 0 Å². The lowest BCUT2D eigenvalue weighted by atomic mass is 10.1. The van der Waals surface area contributed by atoms with Crippen molar-refractivity contribution in [3.05, 3.63) is 17.7 Å². The summed E-state index contributed by atoms with van der Waals surface area (Å²) in [5.41, 5.74) is 5.85. The molecule has 0 saturated carbocycles. The minimum Gasteiger partial charge on any atom is -0.398 e. The number of hydrogen-bond donors (Lipinski definition) is 3. The molecule has 104 valence electrons. The fraction of sp³-hybridized carbons (Fsp3) is 0.364. The summed E-state index contributed by atoms with van der Waals surface area (Å²) in [4.78, 5) is -0.341. The summed E-state index contributed by atoms with van der Waals surface area (Å²) in [7, 11) is -2.46. The molecule has 0 aliphatic heterocycles. The third-order valence-corrected chi connectivity index (χ3v) is 3.43. The Bertz CT molecular complexity index is 593. The van der Waals surface area contributed by atoms with Crippen LogP contribution in [0.1, 0.15) is 12.0 Å². The van der Waals surface area contributed by atoms with Crippen LogP contribution in [0.2, 0.25) is 0 Å². The van der Waals surface area contributed by atoms with Gasteiger partial charge in [-0.05, 0) is 18.6 Å². The highest BCUT2D eigenvalue weighted by Crippen LogP contribution is 2.27. The molecule has 0 atom stereocenters. The van der Waals surface area contributed by atoms with Crippen molar-refractivity contribution < 1.29 is 13.2 Å². The number of nitrogens with one attached hydrogen (secondary N) is 1. The number of ether oxygens (including phenoxy) is 1. The Morgan fingerprint density at radius 1 is 1.47 bits per heavy atom. The van der Waals surface area contributed by atoms with E-state index in [1.165, 1.54) is 6.07 Å². The molecule has 8 heteroatoms. The molecule has 0 aromatic heterocycles. The number of anilines is 2. The van der Waals surface area contributed by atoms with Gasteiger partial charge in [-0.2, -0.15) is 5.26 Å². The van der Waals surface area contributed by atoms with Gasteiger partial charge in [-0.15, -0.1) is 0 Å². The van der Waals surface area contributed by atoms with E-state index in [2.05, 4.69) is 5.32 Å². The third-order valence-electron chi connectivity index (χ3n) is 2.43. The predicted octanol–water partition coefficient (Wildman–Crippen LogP) is 0.236. The van der Waals surface area contributed by atoms with E-state index >= 15 is 0 Å². The first-order chi connectivity index (χ1) is 8.91. The van der Waals surface area contributed by atoms with Crippen LogP contribution in [0.5, 0.6) is 0 Å². The summed E-state index contributed by atoms with van der Waals surface area (Å²) >= 11 is 0. The molecule has 5 N–H and O–H groups in total. The smallest absolute Gasteiger partial charge is 0.241 e. The first kappa shape index (κ1) is 15.2. The average Bonchev–Trinajstić information content (AvgIpc) is 2.34. The van der Waals surface area contributed by atoms with Gasteiger partial charge in [0.25, 0.3) is 0 Å². The van der Waals surface area contributed by atoms with Crippen LogP contribution >= 0.6 is 0 Å². The van der Waals surface area contributed by atoms with Gasteiger partial charge in [0, 0.05) is 20.3 Å². The minimum absolute atomic E-state index is 0.0403. The second-order valence-electron chi connectivity index (χ2n) is 3.84. The first-order valence-electron chi connectivity index (χ1n) is 5.50. The molecule has 0 aliphatic carbocycles. The average molecular weight is 284 g/mol. The summed E-state index contributed by atoms with van der Waals surface area (Å²) in [5.74, 6) is 0. The van der Waals surface area contributed by atoms with E-state index in [0.717, 1.165) is 6.42 Å². The van der Waals surface area contributed by atoms with Crippen LogP contribution in [0.15, 0.2) is 17.0 Å². The summed E-state index contributed by atoms with van der Waals surface area (Å²) in [6.07, 6.45) is 0.719. The van der Waals surface area contributed by atoms with Gasteiger partial charge in [-0.25, -0.2) is 13.6 Å². The standard InChI is InChI=1S/C11H16N4O3S/c1-18-6-2-5-15-10-4-3-9(13)11(8(10)7-12)19(14,16)17/h3-4,15H,2,5-6,13H2,1H3,(H2,14,16,17). The van der Waals surface area contributed by atoms with Gasteiger partial charge >= 0.3 is 0 Å². The topological polar surface area (TPSA) is 131 Å². The van der Waals surface area contributed by atoms with E-state index in [1.54, 1.807) is 13.2 Å². The van der Waals surface area contributed by atoms with Crippen molar-refractivity contribution in [2.75, 3.05) is 31.3 Å². The number of nitrogens with zero attached hydrogens (tertiary/aromatic N) is 1. The Balaban J connectivity index is 3.11. The fourth-order valence-corrected chi connectivity index (χ4v) is 2.44. The van der Waals surface area contributed by atoms with E-state index < -0.39 is 10.0 Å². The number of primary sulfonamides is 1. The minimum atomic E-state index is -4.05. The summed E-state index contributed by atoms with van der Waals surface area (Å²) in [6.45, 7) is 1.10. The molecule has 19 heavy (non-hydrogen) atoms. The Morgan fingerprint density at radius 2 is 2.16 bits per heavy atom. The van der Waals surface area contributed by atoms with Gasteiger partial charge in [0.1, 0.15) is 11.0 Å². The molecule has 1 aromatic carbocycles. The Labute approximate surface area is 112 Å². The van der Waals surface area contributed by atoms with E-state index in [9.17, 15) is 8.42 Å². The number of nitrogen functional groups attached to an aromatic ring is 1. The third kappa shape index (κ3) is 3.82. The number of hydrogen-bond acceptors (Lipinski definition) is 6. The monoisotopic (exact) mass is 284 g/mol. The number of nitrogens with two attached hydrogens (primary N) is 2. The largest absolute Gasteiger partial charge is 0.398 e. The van der Waals surface area contributed by atoms with E-state index in [-0.39, 0.29) is 16.1 Å². The highest BCUT2D eigenvalue weighted by Gasteiger charge is 2.20. The normalized spacial score (nSPS) is 11.0. The second-order valence-corrected chi connectivity index (χ2v) is 5.33. The number of sulfonamides is 1. The van der Waals surface area contributed by atoms with Crippen molar-refractivity contribution in [3.8, 4) is 6.07 Å². The van der Waals surface area contributed by atoms with Crippen molar-refractivity contribution >= 4 is 21.4 Å². The highest BCUT2D eigenvalue weighted by atomic mass is 32.2. The van der Waals surface area contributed by atoms with Crippen LogP contribution < -0.4 is 16.2 Å². The zero-order chi connectivity index (χ0) is 14.5. The Morgan fingerprint density at radius 3 is 2.68 bits per heavy atom. The molecule has 1 aromatic rings. The van der Waals surface area contributed by atoms with Gasteiger partial charge < -0.3 is 15.8 Å². The fourth-order valence-electron chi connectivity index (χ4n) is 1.60. The summed E-state index contributed by atoms with van der Waals surface area (Å²) in [5, 5.41) is 17.1. The molecule has 7 nitrogen and oxygen atoms in total. The van der Waals surface area contributed by atoms with Gasteiger partial charge in [-0.1, -0.05) is 0 Å². The van der Waals surface area contributed by atoms with Crippen LogP contribution in [-0.2, 0) is 14.8 Å². The molecule has 1 rings (SSSR count). The maximum Gasteiger partial charge on any atom is 0.241 e. The molecule has 0 spiro atoms. The Kier molecular flexibility index (Phi) is 5.11. The lowest BCUT2D eigenvalue weighted by Crippen LogP contribution is -2.17. The molecule has 0 radical (unpaired) electrons. The maximum absolute atomic E-state index is 11.5. The molecule has 0 saturated heterocycles. The van der Waals surface area contributed by atoms with Crippen LogP contribution in [0.25, 0.3) is 0 Å². The lowest BCUT2D eigenvalue weighted by molar-refractivity contribution is 0.198. The summed E-state index contributed by atoms with van der Waals surface area (Å²) < 4.78 is 27.8. The number of nitriles is 1. The zero-order valence-corrected chi connectivity index (χ0v) is 11.3. The van der Waals surface area contributed by atoms with Crippen LogP contribution in [0, 0.1) is 11.3 Å². The van der Waals surface area contributed by atoms with Crippen LogP contribution in [0.4, 0.5) is 11.4 Å². The molecule has 0 aliphatic rings. The predicted molar refractivity (Wildman–Crippen MR) is 71.9 cm³/mol. The SMILES string of the molecule is COCCCNc1ccc(N)c(S(N)(=O)=O)c1C#N. The van der Waals surface area contributed by atoms with Crippen LogP contribution in [-0.4, -0.2) is 28.7 Å². The van der Waals surface area contributed by atoms with Crippen molar-refractivity contribution in [1.29, 1.82) is 5.26 Å². The maximum atomic E-state index is 11.5. The summed E-state index contributed by atoms with van der Waals surface area (Å²) in [6, 6.07) is 4.77. The van der Waals surface area contributed by atoms with Crippen molar-refractivity contribution in [3.63, 3.8) is 0 Å². The van der Waals surface area contributed by atoms with Gasteiger partial charge in [0.2, 0.25) is 10.0 Å². The van der Waals surface area contributed by atoms with Crippen molar-refractivity contribution in [2.24, 2.45) is 5.14 Å². The number of rotatable bonds is 6. The Hall–Kier alpha value is -1.82. The lowest BCUT2D eigenvalue weighted by Gasteiger charge is -2.12. The van der Waals surface area contributed by atoms with Gasteiger partial charge in [-0.3, -0.25) is 0 Å². The zero-order valence-electron chi connectivity index (χ0n) is 10.5. The molecule has 0 fully saturated rings. The van der Waals surface area contributed by atoms with Crippen molar-refractivity contribution in [1.82, 2.24) is 0 Å². The van der Waals surface area contributed by atoms with Gasteiger partial charge in [0.15, 0.2) is 0 Å².